The van der Waals surface area contributed by atoms with Crippen LogP contribution >= 0.6 is 23.4 Å². The molecule has 0 bridgehead atoms. The molecule has 0 saturated carbocycles. The summed E-state index contributed by atoms with van der Waals surface area (Å²) in [7, 11) is 0. The zero-order valence-corrected chi connectivity index (χ0v) is 16.7. The molecule has 3 aliphatic rings. The number of thioether (sulfide) groups is 1. The molecular weight excluding hydrogens is 401 g/mol. The van der Waals surface area contributed by atoms with Gasteiger partial charge in [-0.05, 0) is 54.4 Å². The molecule has 8 heteroatoms. The van der Waals surface area contributed by atoms with Gasteiger partial charge in [-0.25, -0.2) is 9.38 Å². The van der Waals surface area contributed by atoms with Gasteiger partial charge >= 0.3 is 0 Å². The van der Waals surface area contributed by atoms with Crippen LogP contribution in [0.4, 0.5) is 10.1 Å². The molecule has 4 rings (SSSR count). The van der Waals surface area contributed by atoms with E-state index in [1.165, 1.54) is 35.1 Å². The number of aliphatic imine (C=N–C) groups is 2. The van der Waals surface area contributed by atoms with E-state index in [4.69, 9.17) is 11.6 Å². The Morgan fingerprint density at radius 1 is 1.25 bits per heavy atom. The molecule has 1 aliphatic carbocycles. The van der Waals surface area contributed by atoms with Crippen molar-refractivity contribution in [2.24, 2.45) is 15.9 Å². The number of carbonyl (C=O) groups excluding carboxylic acids is 2. The number of halogens is 2. The Hall–Kier alpha value is -1.99. The number of carbonyl (C=O) groups is 2. The Morgan fingerprint density at radius 3 is 2.89 bits per heavy atom. The maximum Gasteiger partial charge on any atom is 0.261 e. The van der Waals surface area contributed by atoms with E-state index < -0.39 is 5.82 Å². The number of amides is 2. The smallest absolute Gasteiger partial charge is 0.261 e. The minimum Gasteiger partial charge on any atom is -0.326 e. The van der Waals surface area contributed by atoms with Crippen molar-refractivity contribution < 1.29 is 14.0 Å². The van der Waals surface area contributed by atoms with Crippen molar-refractivity contribution in [1.82, 2.24) is 0 Å². The van der Waals surface area contributed by atoms with Gasteiger partial charge in [0, 0.05) is 18.5 Å². The number of amidine groups is 1. The van der Waals surface area contributed by atoms with Gasteiger partial charge in [-0.3, -0.25) is 9.59 Å². The standard InChI is InChI=1S/C20H19ClFN3O2S/c21-13-10-11(6-7-14(13)22)23-17(26)9-8-16-24-19(27)18-12-4-2-1-3-5-15(12)28-20(18)25-16/h6-7,10,18H,1-5,8-9H2,(H,23,26). The second kappa shape index (κ2) is 8.17. The highest BCUT2D eigenvalue weighted by Gasteiger charge is 2.39. The van der Waals surface area contributed by atoms with Crippen molar-refractivity contribution in [2.75, 3.05) is 5.32 Å². The van der Waals surface area contributed by atoms with E-state index in [1.807, 2.05) is 0 Å². The number of hydrogen-bond donors (Lipinski definition) is 1. The lowest BCUT2D eigenvalue weighted by Crippen LogP contribution is -2.26. The van der Waals surface area contributed by atoms with E-state index >= 15 is 0 Å². The van der Waals surface area contributed by atoms with Gasteiger partial charge in [0.2, 0.25) is 5.91 Å². The molecule has 0 spiro atoms. The predicted octanol–water partition coefficient (Wildman–Crippen LogP) is 5.12. The molecule has 1 N–H and O–H groups in total. The van der Waals surface area contributed by atoms with Gasteiger partial charge in [-0.15, -0.1) is 0 Å². The lowest BCUT2D eigenvalue weighted by molar-refractivity contribution is -0.119. The Balaban J connectivity index is 1.37. The van der Waals surface area contributed by atoms with Crippen molar-refractivity contribution in [3.63, 3.8) is 0 Å². The van der Waals surface area contributed by atoms with Crippen molar-refractivity contribution in [2.45, 2.75) is 44.9 Å². The molecule has 2 aliphatic heterocycles. The second-order valence-corrected chi connectivity index (χ2v) is 8.56. The average Bonchev–Trinajstić information content (AvgIpc) is 2.85. The molecule has 1 atom stereocenters. The molecular formula is C20H19ClFN3O2S. The van der Waals surface area contributed by atoms with E-state index in [0.29, 0.717) is 11.5 Å². The lowest BCUT2D eigenvalue weighted by Gasteiger charge is -2.16. The summed E-state index contributed by atoms with van der Waals surface area (Å²) in [5.74, 6) is -0.870. The predicted molar refractivity (Wildman–Crippen MR) is 110 cm³/mol. The average molecular weight is 420 g/mol. The molecule has 28 heavy (non-hydrogen) atoms. The third-order valence-electron chi connectivity index (χ3n) is 5.04. The first kappa shape index (κ1) is 19.3. The number of hydrogen-bond acceptors (Lipinski definition) is 4. The SMILES string of the molecule is O=C(CCC1=NC(=O)C2C(=N1)SC1=C2CCCCC1)Nc1ccc(F)c(Cl)c1. The molecule has 146 valence electrons. The van der Waals surface area contributed by atoms with Gasteiger partial charge in [-0.2, -0.15) is 4.99 Å². The van der Waals surface area contributed by atoms with Gasteiger partial charge in [0.25, 0.3) is 5.91 Å². The Labute approximate surface area is 171 Å². The summed E-state index contributed by atoms with van der Waals surface area (Å²) >= 11 is 7.34. The fourth-order valence-electron chi connectivity index (χ4n) is 3.65. The number of nitrogens with one attached hydrogen (secondary N) is 1. The number of nitrogens with zero attached hydrogens (tertiary/aromatic N) is 2. The van der Waals surface area contributed by atoms with Crippen LogP contribution in [-0.2, 0) is 9.59 Å². The molecule has 0 radical (unpaired) electrons. The molecule has 1 aromatic rings. The fraction of sp³-hybridized carbons (Fsp3) is 0.400. The first-order valence-electron chi connectivity index (χ1n) is 9.36. The highest BCUT2D eigenvalue weighted by molar-refractivity contribution is 8.17. The quantitative estimate of drug-likeness (QED) is 0.736. The monoisotopic (exact) mass is 419 g/mol. The second-order valence-electron chi connectivity index (χ2n) is 7.04. The third-order valence-corrected chi connectivity index (χ3v) is 6.57. The summed E-state index contributed by atoms with van der Waals surface area (Å²) in [4.78, 5) is 34.7. The first-order chi connectivity index (χ1) is 13.5. The zero-order valence-electron chi connectivity index (χ0n) is 15.1. The van der Waals surface area contributed by atoms with Crippen LogP contribution in [0.1, 0.15) is 44.9 Å². The lowest BCUT2D eigenvalue weighted by atomic mass is 9.94. The minimum absolute atomic E-state index is 0.0528. The van der Waals surface area contributed by atoms with Crippen LogP contribution in [0.25, 0.3) is 0 Å². The summed E-state index contributed by atoms with van der Waals surface area (Å²) in [6.07, 6.45) is 5.83. The van der Waals surface area contributed by atoms with E-state index in [9.17, 15) is 14.0 Å². The molecule has 1 aromatic carbocycles. The maximum atomic E-state index is 13.2. The Bertz CT molecular complexity index is 941. The van der Waals surface area contributed by atoms with Crippen molar-refractivity contribution in [1.29, 1.82) is 0 Å². The fourth-order valence-corrected chi connectivity index (χ4v) is 5.20. The molecule has 0 aromatic heterocycles. The highest BCUT2D eigenvalue weighted by atomic mass is 35.5. The van der Waals surface area contributed by atoms with E-state index in [1.54, 1.807) is 11.8 Å². The molecule has 0 saturated heterocycles. The van der Waals surface area contributed by atoms with Crippen LogP contribution in [0.3, 0.4) is 0 Å². The summed E-state index contributed by atoms with van der Waals surface area (Å²) < 4.78 is 13.2. The number of rotatable bonds is 4. The third kappa shape index (κ3) is 4.05. The molecule has 0 fully saturated rings. The van der Waals surface area contributed by atoms with Crippen LogP contribution in [0.15, 0.2) is 38.7 Å². The van der Waals surface area contributed by atoms with Crippen molar-refractivity contribution in [3.8, 4) is 0 Å². The van der Waals surface area contributed by atoms with Gasteiger partial charge in [0.05, 0.1) is 10.1 Å². The van der Waals surface area contributed by atoms with E-state index in [0.717, 1.165) is 30.7 Å². The van der Waals surface area contributed by atoms with Crippen LogP contribution < -0.4 is 5.32 Å². The summed E-state index contributed by atoms with van der Waals surface area (Å²) in [6.45, 7) is 0. The van der Waals surface area contributed by atoms with Gasteiger partial charge in [-0.1, -0.05) is 29.8 Å². The Morgan fingerprint density at radius 2 is 2.07 bits per heavy atom. The normalized spacial score (nSPS) is 21.5. The summed E-state index contributed by atoms with van der Waals surface area (Å²) in [6, 6.07) is 4.00. The molecule has 5 nitrogen and oxygen atoms in total. The van der Waals surface area contributed by atoms with Crippen molar-refractivity contribution in [3.05, 3.63) is 39.5 Å². The Kier molecular flexibility index (Phi) is 5.64. The highest BCUT2D eigenvalue weighted by Crippen LogP contribution is 2.46. The van der Waals surface area contributed by atoms with Crippen LogP contribution in [0, 0.1) is 11.7 Å². The van der Waals surface area contributed by atoms with Crippen LogP contribution in [0.2, 0.25) is 5.02 Å². The number of fused-ring (bicyclic) bond motifs is 2. The van der Waals surface area contributed by atoms with E-state index in [-0.39, 0.29) is 35.6 Å². The van der Waals surface area contributed by atoms with Crippen LogP contribution in [-0.4, -0.2) is 22.7 Å². The maximum absolute atomic E-state index is 13.2. The van der Waals surface area contributed by atoms with Crippen LogP contribution in [0.5, 0.6) is 0 Å². The molecule has 2 heterocycles. The number of allylic oxidation sites excluding steroid dienone is 1. The van der Waals surface area contributed by atoms with Gasteiger partial charge in [0.15, 0.2) is 0 Å². The van der Waals surface area contributed by atoms with Gasteiger partial charge < -0.3 is 5.32 Å². The number of anilines is 1. The molecule has 1 unspecified atom stereocenters. The topological polar surface area (TPSA) is 70.9 Å². The first-order valence-corrected chi connectivity index (χ1v) is 10.6. The number of benzene rings is 1. The largest absolute Gasteiger partial charge is 0.326 e. The molecule has 2 amide bonds. The minimum atomic E-state index is -0.541. The summed E-state index contributed by atoms with van der Waals surface area (Å²) in [5.41, 5.74) is 1.63. The van der Waals surface area contributed by atoms with Gasteiger partial charge in [0.1, 0.15) is 17.6 Å². The summed E-state index contributed by atoms with van der Waals surface area (Å²) in [5, 5.41) is 3.42. The zero-order chi connectivity index (χ0) is 19.7. The van der Waals surface area contributed by atoms with Crippen molar-refractivity contribution >= 4 is 51.7 Å². The van der Waals surface area contributed by atoms with E-state index in [2.05, 4.69) is 15.3 Å².